The van der Waals surface area contributed by atoms with Crippen molar-refractivity contribution >= 4 is 5.91 Å². The number of amides is 1. The van der Waals surface area contributed by atoms with E-state index in [9.17, 15) is 9.18 Å². The number of hydrogen-bond acceptors (Lipinski definition) is 4. The Balaban J connectivity index is 1.85. The number of nitrogens with zero attached hydrogens (tertiary/aromatic N) is 3. The summed E-state index contributed by atoms with van der Waals surface area (Å²) in [4.78, 5) is 14.8. The first-order valence-corrected chi connectivity index (χ1v) is 8.18. The number of hydrogen-bond donors (Lipinski definition) is 0. The quantitative estimate of drug-likeness (QED) is 0.832. The van der Waals surface area contributed by atoms with Gasteiger partial charge in [-0.05, 0) is 37.6 Å². The first-order chi connectivity index (χ1) is 12.0. The highest BCUT2D eigenvalue weighted by Gasteiger charge is 2.37. The van der Waals surface area contributed by atoms with Gasteiger partial charge in [0.15, 0.2) is 5.69 Å². The van der Waals surface area contributed by atoms with Crippen LogP contribution in [-0.4, -0.2) is 60.1 Å². The Morgan fingerprint density at radius 2 is 2.04 bits per heavy atom. The summed E-state index contributed by atoms with van der Waals surface area (Å²) in [5, 5.41) is 4.42. The number of ether oxygens (including phenoxy) is 2. The van der Waals surface area contributed by atoms with Crippen LogP contribution in [0.15, 0.2) is 30.5 Å². The molecule has 134 valence electrons. The van der Waals surface area contributed by atoms with Gasteiger partial charge in [-0.1, -0.05) is 0 Å². The molecule has 1 amide bonds. The van der Waals surface area contributed by atoms with Gasteiger partial charge in [-0.3, -0.25) is 4.79 Å². The number of aromatic nitrogens is 2. The van der Waals surface area contributed by atoms with E-state index < -0.39 is 0 Å². The van der Waals surface area contributed by atoms with Crippen LogP contribution in [0.4, 0.5) is 4.39 Å². The Morgan fingerprint density at radius 3 is 2.68 bits per heavy atom. The Labute approximate surface area is 146 Å². The van der Waals surface area contributed by atoms with Crippen LogP contribution in [0, 0.1) is 12.7 Å². The van der Waals surface area contributed by atoms with Gasteiger partial charge in [0.1, 0.15) is 5.82 Å². The maximum atomic E-state index is 13.1. The van der Waals surface area contributed by atoms with Gasteiger partial charge in [0, 0.05) is 32.5 Å². The van der Waals surface area contributed by atoms with Gasteiger partial charge in [0.25, 0.3) is 5.91 Å². The molecule has 1 aliphatic heterocycles. The molecule has 0 unspecified atom stereocenters. The number of halogens is 1. The molecule has 0 N–H and O–H groups in total. The molecule has 3 rings (SSSR count). The van der Waals surface area contributed by atoms with Crippen molar-refractivity contribution in [1.82, 2.24) is 14.7 Å². The highest BCUT2D eigenvalue weighted by atomic mass is 19.1. The van der Waals surface area contributed by atoms with E-state index in [0.29, 0.717) is 24.5 Å². The second-order valence-electron chi connectivity index (χ2n) is 6.24. The standard InChI is InChI=1S/C18H22FN3O3/c1-12-9-22(14-6-4-13(19)5-7-14)20-17(12)18(23)21-10-16(25-3)8-15(21)11-24-2/h4-7,9,15-16H,8,10-11H2,1-3H3/t15-,16-/m0/s1. The van der Waals surface area contributed by atoms with Gasteiger partial charge in [0.05, 0.1) is 24.4 Å². The molecule has 0 saturated carbocycles. The number of carbonyl (C=O) groups excluding carboxylic acids is 1. The monoisotopic (exact) mass is 347 g/mol. The fraction of sp³-hybridized carbons (Fsp3) is 0.444. The van der Waals surface area contributed by atoms with Crippen LogP contribution in [0.2, 0.25) is 0 Å². The van der Waals surface area contributed by atoms with Crippen LogP contribution in [0.25, 0.3) is 5.69 Å². The third-order valence-corrected chi connectivity index (χ3v) is 4.52. The Kier molecular flexibility index (Phi) is 5.15. The molecule has 2 atom stereocenters. The number of likely N-dealkylation sites (tertiary alicyclic amines) is 1. The van der Waals surface area contributed by atoms with Crippen molar-refractivity contribution in [2.24, 2.45) is 0 Å². The largest absolute Gasteiger partial charge is 0.383 e. The van der Waals surface area contributed by atoms with E-state index in [1.807, 2.05) is 6.92 Å². The van der Waals surface area contributed by atoms with Gasteiger partial charge in [-0.2, -0.15) is 5.10 Å². The topological polar surface area (TPSA) is 56.6 Å². The molecule has 1 fully saturated rings. The van der Waals surface area contributed by atoms with Crippen LogP contribution < -0.4 is 0 Å². The van der Waals surface area contributed by atoms with E-state index in [1.165, 1.54) is 12.1 Å². The molecule has 1 aromatic carbocycles. The van der Waals surface area contributed by atoms with Crippen LogP contribution in [0.1, 0.15) is 22.5 Å². The molecule has 2 aromatic rings. The lowest BCUT2D eigenvalue weighted by Gasteiger charge is -2.23. The maximum absolute atomic E-state index is 13.1. The summed E-state index contributed by atoms with van der Waals surface area (Å²) < 4.78 is 25.3. The maximum Gasteiger partial charge on any atom is 0.275 e. The third kappa shape index (κ3) is 3.57. The zero-order chi connectivity index (χ0) is 18.0. The highest BCUT2D eigenvalue weighted by Crippen LogP contribution is 2.24. The van der Waals surface area contributed by atoms with E-state index in [2.05, 4.69) is 5.10 Å². The number of carbonyl (C=O) groups is 1. The smallest absolute Gasteiger partial charge is 0.275 e. The van der Waals surface area contributed by atoms with Gasteiger partial charge in [0.2, 0.25) is 0 Å². The number of methoxy groups -OCH3 is 2. The molecular weight excluding hydrogens is 325 g/mol. The molecule has 0 spiro atoms. The van der Waals surface area contributed by atoms with Crippen LogP contribution in [-0.2, 0) is 9.47 Å². The van der Waals surface area contributed by atoms with E-state index >= 15 is 0 Å². The zero-order valence-electron chi connectivity index (χ0n) is 14.6. The summed E-state index contributed by atoms with van der Waals surface area (Å²) >= 11 is 0. The fourth-order valence-corrected chi connectivity index (χ4v) is 3.18. The molecule has 6 nitrogen and oxygen atoms in total. The lowest BCUT2D eigenvalue weighted by Crippen LogP contribution is -2.39. The average molecular weight is 347 g/mol. The summed E-state index contributed by atoms with van der Waals surface area (Å²) in [6, 6.07) is 5.96. The molecular formula is C18H22FN3O3. The molecule has 7 heteroatoms. The lowest BCUT2D eigenvalue weighted by atomic mass is 10.2. The van der Waals surface area contributed by atoms with Gasteiger partial charge in [-0.25, -0.2) is 9.07 Å². The predicted octanol–water partition coefficient (Wildman–Crippen LogP) is 2.20. The summed E-state index contributed by atoms with van der Waals surface area (Å²) in [5.41, 5.74) is 1.86. The van der Waals surface area contributed by atoms with E-state index in [4.69, 9.17) is 9.47 Å². The molecule has 1 aromatic heterocycles. The van der Waals surface area contributed by atoms with Crippen LogP contribution in [0.5, 0.6) is 0 Å². The Morgan fingerprint density at radius 1 is 1.32 bits per heavy atom. The van der Waals surface area contributed by atoms with Crippen molar-refractivity contribution < 1.29 is 18.7 Å². The second kappa shape index (κ2) is 7.33. The van der Waals surface area contributed by atoms with E-state index in [0.717, 1.165) is 12.0 Å². The second-order valence-corrected chi connectivity index (χ2v) is 6.24. The molecule has 25 heavy (non-hydrogen) atoms. The van der Waals surface area contributed by atoms with Gasteiger partial charge < -0.3 is 14.4 Å². The molecule has 2 heterocycles. The first kappa shape index (κ1) is 17.6. The van der Waals surface area contributed by atoms with Crippen molar-refractivity contribution in [3.8, 4) is 5.69 Å². The van der Waals surface area contributed by atoms with Crippen molar-refractivity contribution in [3.05, 3.63) is 47.5 Å². The van der Waals surface area contributed by atoms with Crippen molar-refractivity contribution in [2.45, 2.75) is 25.5 Å². The highest BCUT2D eigenvalue weighted by molar-refractivity contribution is 5.94. The fourth-order valence-electron chi connectivity index (χ4n) is 3.18. The first-order valence-electron chi connectivity index (χ1n) is 8.18. The normalized spacial score (nSPS) is 20.2. The zero-order valence-corrected chi connectivity index (χ0v) is 14.6. The number of benzene rings is 1. The average Bonchev–Trinajstić information content (AvgIpc) is 3.19. The number of rotatable bonds is 5. The minimum Gasteiger partial charge on any atom is -0.383 e. The Hall–Kier alpha value is -2.25. The molecule has 0 bridgehead atoms. The van der Waals surface area contributed by atoms with Gasteiger partial charge >= 0.3 is 0 Å². The molecule has 0 radical (unpaired) electrons. The molecule has 1 saturated heterocycles. The van der Waals surface area contributed by atoms with Gasteiger partial charge in [-0.15, -0.1) is 0 Å². The van der Waals surface area contributed by atoms with Crippen molar-refractivity contribution in [1.29, 1.82) is 0 Å². The Bertz CT molecular complexity index is 745. The number of aryl methyl sites for hydroxylation is 1. The van der Waals surface area contributed by atoms with Crippen LogP contribution in [0.3, 0.4) is 0 Å². The van der Waals surface area contributed by atoms with Crippen molar-refractivity contribution in [3.63, 3.8) is 0 Å². The summed E-state index contributed by atoms with van der Waals surface area (Å²) in [5.74, 6) is -0.450. The molecule has 0 aliphatic carbocycles. The summed E-state index contributed by atoms with van der Waals surface area (Å²) in [6.07, 6.45) is 2.52. The minimum atomic E-state index is -0.311. The summed E-state index contributed by atoms with van der Waals surface area (Å²) in [7, 11) is 3.27. The SMILES string of the molecule is COC[C@@H]1C[C@H](OC)CN1C(=O)c1nn(-c2ccc(F)cc2)cc1C. The van der Waals surface area contributed by atoms with E-state index in [1.54, 1.807) is 42.1 Å². The third-order valence-electron chi connectivity index (χ3n) is 4.52. The van der Waals surface area contributed by atoms with Crippen LogP contribution >= 0.6 is 0 Å². The molecule has 1 aliphatic rings. The summed E-state index contributed by atoms with van der Waals surface area (Å²) in [6.45, 7) is 2.82. The predicted molar refractivity (Wildman–Crippen MR) is 90.4 cm³/mol. The minimum absolute atomic E-state index is 0.00332. The van der Waals surface area contributed by atoms with Crippen molar-refractivity contribution in [2.75, 3.05) is 27.4 Å². The van der Waals surface area contributed by atoms with E-state index in [-0.39, 0.29) is 23.9 Å². The lowest BCUT2D eigenvalue weighted by molar-refractivity contribution is 0.0605.